The molecule has 0 saturated carbocycles. The van der Waals surface area contributed by atoms with E-state index in [0.717, 1.165) is 16.9 Å². The number of benzene rings is 2. The Hall–Kier alpha value is -3.16. The van der Waals surface area contributed by atoms with Crippen molar-refractivity contribution >= 4 is 34.9 Å². The Labute approximate surface area is 180 Å². The molecule has 3 rings (SSSR count). The van der Waals surface area contributed by atoms with Crippen LogP contribution in [0.25, 0.3) is 5.69 Å². The first-order valence-electron chi connectivity index (χ1n) is 9.49. The maximum absolute atomic E-state index is 12.5. The number of hydrogen-bond acceptors (Lipinski definition) is 4. The molecule has 3 aromatic rings. The lowest BCUT2D eigenvalue weighted by atomic mass is 10.2. The summed E-state index contributed by atoms with van der Waals surface area (Å²) in [7, 11) is 1.70. The highest BCUT2D eigenvalue weighted by molar-refractivity contribution is 6.33. The van der Waals surface area contributed by atoms with Crippen LogP contribution in [0.2, 0.25) is 5.02 Å². The van der Waals surface area contributed by atoms with E-state index >= 15 is 0 Å². The third-order valence-electron chi connectivity index (χ3n) is 4.42. The standard InChI is InChI=1S/C22H24ClN5O2/c1-15-8-4-7-11-19(15)28-20(12-16(2)26-28)25-22(30)14-27(3)13-21(29)24-18-10-6-5-9-17(18)23/h4-12H,13-14H2,1-3H3,(H,24,29)(H,25,30). The third kappa shape index (κ3) is 5.46. The van der Waals surface area contributed by atoms with E-state index in [-0.39, 0.29) is 24.9 Å². The number of nitrogens with one attached hydrogen (secondary N) is 2. The Kier molecular flexibility index (Phi) is 6.87. The average Bonchev–Trinajstić information content (AvgIpc) is 3.03. The van der Waals surface area contributed by atoms with Gasteiger partial charge in [0.1, 0.15) is 5.82 Å². The van der Waals surface area contributed by atoms with Gasteiger partial charge in [-0.3, -0.25) is 14.5 Å². The number of aromatic nitrogens is 2. The van der Waals surface area contributed by atoms with Gasteiger partial charge in [0, 0.05) is 6.07 Å². The van der Waals surface area contributed by atoms with E-state index in [0.29, 0.717) is 16.5 Å². The molecule has 30 heavy (non-hydrogen) atoms. The van der Waals surface area contributed by atoms with Crippen LogP contribution in [-0.4, -0.2) is 46.6 Å². The van der Waals surface area contributed by atoms with Crippen LogP contribution in [0.4, 0.5) is 11.5 Å². The first-order chi connectivity index (χ1) is 14.3. The maximum atomic E-state index is 12.5. The predicted octanol–water partition coefficient (Wildman–Crippen LogP) is 3.65. The molecular formula is C22H24ClN5O2. The van der Waals surface area contributed by atoms with Crippen molar-refractivity contribution in [1.29, 1.82) is 0 Å². The van der Waals surface area contributed by atoms with Gasteiger partial charge in [-0.05, 0) is 44.7 Å². The van der Waals surface area contributed by atoms with Crippen LogP contribution in [0, 0.1) is 13.8 Å². The van der Waals surface area contributed by atoms with Crippen LogP contribution in [0.15, 0.2) is 54.6 Å². The van der Waals surface area contributed by atoms with Gasteiger partial charge in [-0.15, -0.1) is 0 Å². The summed E-state index contributed by atoms with van der Waals surface area (Å²) in [5.41, 5.74) is 3.28. The smallest absolute Gasteiger partial charge is 0.239 e. The largest absolute Gasteiger partial charge is 0.324 e. The van der Waals surface area contributed by atoms with Crippen molar-refractivity contribution in [2.75, 3.05) is 30.8 Å². The van der Waals surface area contributed by atoms with Crippen LogP contribution < -0.4 is 10.6 Å². The maximum Gasteiger partial charge on any atom is 0.239 e. The van der Waals surface area contributed by atoms with Crippen molar-refractivity contribution in [2.45, 2.75) is 13.8 Å². The SMILES string of the molecule is Cc1cc(NC(=O)CN(C)CC(=O)Nc2ccccc2Cl)n(-c2ccccc2C)n1. The van der Waals surface area contributed by atoms with Gasteiger partial charge >= 0.3 is 0 Å². The molecule has 0 aliphatic heterocycles. The second kappa shape index (κ2) is 9.56. The molecule has 2 N–H and O–H groups in total. The first kappa shape index (κ1) is 21.5. The molecule has 2 amide bonds. The van der Waals surface area contributed by atoms with Crippen LogP contribution in [-0.2, 0) is 9.59 Å². The Balaban J connectivity index is 1.60. The molecule has 0 spiro atoms. The molecule has 0 fully saturated rings. The van der Waals surface area contributed by atoms with Crippen molar-refractivity contribution in [3.8, 4) is 5.69 Å². The zero-order valence-corrected chi connectivity index (χ0v) is 17.9. The minimum Gasteiger partial charge on any atom is -0.324 e. The Morgan fingerprint density at radius 1 is 1.00 bits per heavy atom. The molecule has 0 aliphatic rings. The Morgan fingerprint density at radius 3 is 2.33 bits per heavy atom. The zero-order valence-electron chi connectivity index (χ0n) is 17.1. The van der Waals surface area contributed by atoms with Gasteiger partial charge in [0.25, 0.3) is 0 Å². The summed E-state index contributed by atoms with van der Waals surface area (Å²) in [6, 6.07) is 16.6. The van der Waals surface area contributed by atoms with Crippen LogP contribution in [0.5, 0.6) is 0 Å². The van der Waals surface area contributed by atoms with Gasteiger partial charge < -0.3 is 10.6 Å². The van der Waals surface area contributed by atoms with Crippen molar-refractivity contribution in [3.63, 3.8) is 0 Å². The van der Waals surface area contributed by atoms with Crippen molar-refractivity contribution in [3.05, 3.63) is 70.9 Å². The number of aryl methyl sites for hydroxylation is 2. The molecule has 0 bridgehead atoms. The van der Waals surface area contributed by atoms with Crippen molar-refractivity contribution < 1.29 is 9.59 Å². The van der Waals surface area contributed by atoms with Gasteiger partial charge in [-0.2, -0.15) is 5.10 Å². The molecule has 0 saturated heterocycles. The van der Waals surface area contributed by atoms with Gasteiger partial charge in [0.05, 0.1) is 35.2 Å². The molecule has 7 nitrogen and oxygen atoms in total. The molecule has 0 unspecified atom stereocenters. The number of rotatable bonds is 7. The van der Waals surface area contributed by atoms with Crippen molar-refractivity contribution in [1.82, 2.24) is 14.7 Å². The van der Waals surface area contributed by atoms with E-state index in [9.17, 15) is 9.59 Å². The summed E-state index contributed by atoms with van der Waals surface area (Å²) in [6.07, 6.45) is 0. The topological polar surface area (TPSA) is 79.3 Å². The van der Waals surface area contributed by atoms with E-state index in [1.165, 1.54) is 0 Å². The van der Waals surface area contributed by atoms with Gasteiger partial charge in [0.15, 0.2) is 0 Å². The number of carbonyl (C=O) groups is 2. The average molecular weight is 426 g/mol. The van der Waals surface area contributed by atoms with Gasteiger partial charge in [-0.25, -0.2) is 4.68 Å². The minimum atomic E-state index is -0.251. The third-order valence-corrected chi connectivity index (χ3v) is 4.75. The second-order valence-electron chi connectivity index (χ2n) is 7.12. The summed E-state index contributed by atoms with van der Waals surface area (Å²) in [4.78, 5) is 26.4. The summed E-state index contributed by atoms with van der Waals surface area (Å²) in [5.74, 6) is 0.0951. The summed E-state index contributed by atoms with van der Waals surface area (Å²) in [6.45, 7) is 3.96. The molecule has 8 heteroatoms. The lowest BCUT2D eigenvalue weighted by molar-refractivity contribution is -0.119. The van der Waals surface area contributed by atoms with Crippen LogP contribution in [0.3, 0.4) is 0 Å². The lowest BCUT2D eigenvalue weighted by Gasteiger charge is -2.17. The minimum absolute atomic E-state index is 0.0495. The highest BCUT2D eigenvalue weighted by Crippen LogP contribution is 2.21. The van der Waals surface area contributed by atoms with E-state index in [4.69, 9.17) is 11.6 Å². The Morgan fingerprint density at radius 2 is 1.63 bits per heavy atom. The Bertz CT molecular complexity index is 1060. The highest BCUT2D eigenvalue weighted by Gasteiger charge is 2.15. The summed E-state index contributed by atoms with van der Waals surface area (Å²) >= 11 is 6.06. The number of likely N-dealkylation sites (N-methyl/N-ethyl adjacent to an activating group) is 1. The zero-order chi connectivity index (χ0) is 21.7. The summed E-state index contributed by atoms with van der Waals surface area (Å²) < 4.78 is 1.71. The molecule has 0 atom stereocenters. The predicted molar refractivity (Wildman–Crippen MR) is 119 cm³/mol. The molecule has 156 valence electrons. The monoisotopic (exact) mass is 425 g/mol. The van der Waals surface area contributed by atoms with E-state index in [1.807, 2.05) is 44.2 Å². The van der Waals surface area contributed by atoms with E-state index in [1.54, 1.807) is 40.9 Å². The molecular weight excluding hydrogens is 402 g/mol. The summed E-state index contributed by atoms with van der Waals surface area (Å²) in [5, 5.41) is 10.6. The number of amides is 2. The highest BCUT2D eigenvalue weighted by atomic mass is 35.5. The molecule has 1 heterocycles. The van der Waals surface area contributed by atoms with Crippen LogP contribution in [0.1, 0.15) is 11.3 Å². The van der Waals surface area contributed by atoms with Gasteiger partial charge in [0.2, 0.25) is 11.8 Å². The number of hydrogen-bond donors (Lipinski definition) is 2. The molecule has 0 aliphatic carbocycles. The molecule has 0 radical (unpaired) electrons. The van der Waals surface area contributed by atoms with Crippen molar-refractivity contribution in [2.24, 2.45) is 0 Å². The number of anilines is 2. The normalized spacial score (nSPS) is 10.8. The lowest BCUT2D eigenvalue weighted by Crippen LogP contribution is -2.36. The quantitative estimate of drug-likeness (QED) is 0.605. The fourth-order valence-corrected chi connectivity index (χ4v) is 3.24. The van der Waals surface area contributed by atoms with Crippen LogP contribution >= 0.6 is 11.6 Å². The second-order valence-corrected chi connectivity index (χ2v) is 7.52. The fraction of sp³-hybridized carbons (Fsp3) is 0.227. The molecule has 1 aromatic heterocycles. The number of carbonyl (C=O) groups excluding carboxylic acids is 2. The molecule has 2 aromatic carbocycles. The fourth-order valence-electron chi connectivity index (χ4n) is 3.05. The van der Waals surface area contributed by atoms with E-state index in [2.05, 4.69) is 15.7 Å². The number of nitrogens with zero attached hydrogens (tertiary/aromatic N) is 3. The number of para-hydroxylation sites is 2. The van der Waals surface area contributed by atoms with Gasteiger partial charge in [-0.1, -0.05) is 41.9 Å². The van der Waals surface area contributed by atoms with E-state index < -0.39 is 0 Å². The number of halogens is 1. The first-order valence-corrected chi connectivity index (χ1v) is 9.86.